The molecular weight excluding hydrogens is 324 g/mol. The summed E-state index contributed by atoms with van der Waals surface area (Å²) < 4.78 is 0.809. The Balaban J connectivity index is 2.03. The van der Waals surface area contributed by atoms with E-state index in [1.54, 1.807) is 6.07 Å². The minimum atomic E-state index is -0.0236. The van der Waals surface area contributed by atoms with Crippen molar-refractivity contribution in [3.05, 3.63) is 28.2 Å². The van der Waals surface area contributed by atoms with Gasteiger partial charge in [0.15, 0.2) is 0 Å². The Labute approximate surface area is 128 Å². The SMILES string of the molecule is CC1CC(NC(=O)c2cc(S)ccc2Br)CCN1C. The second kappa shape index (κ2) is 6.29. The van der Waals surface area contributed by atoms with Gasteiger partial charge in [0.1, 0.15) is 0 Å². The fourth-order valence-electron chi connectivity index (χ4n) is 2.37. The molecule has 1 amide bonds. The first kappa shape index (κ1) is 14.9. The van der Waals surface area contributed by atoms with E-state index in [1.165, 1.54) is 0 Å². The van der Waals surface area contributed by atoms with Gasteiger partial charge in [-0.05, 0) is 60.9 Å². The zero-order chi connectivity index (χ0) is 14.0. The van der Waals surface area contributed by atoms with Gasteiger partial charge in [0.25, 0.3) is 5.91 Å². The minimum absolute atomic E-state index is 0.0236. The fraction of sp³-hybridized carbons (Fsp3) is 0.500. The highest BCUT2D eigenvalue weighted by molar-refractivity contribution is 9.10. The summed E-state index contributed by atoms with van der Waals surface area (Å²) in [5, 5.41) is 3.12. The molecule has 1 aliphatic heterocycles. The monoisotopic (exact) mass is 342 g/mol. The molecule has 1 aromatic rings. The number of carbonyl (C=O) groups excluding carboxylic acids is 1. The molecule has 2 unspecified atom stereocenters. The quantitative estimate of drug-likeness (QED) is 0.810. The lowest BCUT2D eigenvalue weighted by atomic mass is 9.98. The highest BCUT2D eigenvalue weighted by atomic mass is 79.9. The molecule has 1 aromatic carbocycles. The van der Waals surface area contributed by atoms with Crippen LogP contribution in [-0.2, 0) is 0 Å². The van der Waals surface area contributed by atoms with Crippen LogP contribution < -0.4 is 5.32 Å². The average Bonchev–Trinajstić information content (AvgIpc) is 2.36. The molecule has 1 N–H and O–H groups in total. The topological polar surface area (TPSA) is 32.3 Å². The standard InChI is InChI=1S/C14H19BrN2OS/c1-9-7-10(5-6-17(9)2)16-14(18)12-8-11(19)3-4-13(12)15/h3-4,8-10,19H,5-7H2,1-2H3,(H,16,18). The van der Waals surface area contributed by atoms with Crippen molar-refractivity contribution in [1.29, 1.82) is 0 Å². The van der Waals surface area contributed by atoms with E-state index in [2.05, 4.69) is 52.7 Å². The van der Waals surface area contributed by atoms with Crippen molar-refractivity contribution in [2.45, 2.75) is 36.7 Å². The number of thiol groups is 1. The molecule has 2 atom stereocenters. The number of carbonyl (C=O) groups is 1. The van der Waals surface area contributed by atoms with E-state index in [1.807, 2.05) is 12.1 Å². The van der Waals surface area contributed by atoms with Gasteiger partial charge in [-0.25, -0.2) is 0 Å². The van der Waals surface area contributed by atoms with Gasteiger partial charge >= 0.3 is 0 Å². The number of likely N-dealkylation sites (tertiary alicyclic amines) is 1. The van der Waals surface area contributed by atoms with Gasteiger partial charge in [0.2, 0.25) is 0 Å². The number of hydrogen-bond donors (Lipinski definition) is 2. The van der Waals surface area contributed by atoms with Crippen LogP contribution in [0.15, 0.2) is 27.6 Å². The molecule has 1 saturated heterocycles. The Kier molecular flexibility index (Phi) is 4.92. The molecule has 0 bridgehead atoms. The predicted molar refractivity (Wildman–Crippen MR) is 84.0 cm³/mol. The van der Waals surface area contributed by atoms with Gasteiger partial charge in [0.05, 0.1) is 5.56 Å². The van der Waals surface area contributed by atoms with Crippen LogP contribution in [0.25, 0.3) is 0 Å². The smallest absolute Gasteiger partial charge is 0.252 e. The van der Waals surface area contributed by atoms with Crippen LogP contribution >= 0.6 is 28.6 Å². The number of halogens is 1. The summed E-state index contributed by atoms with van der Waals surface area (Å²) in [5.41, 5.74) is 0.652. The predicted octanol–water partition coefficient (Wildman–Crippen LogP) is 2.95. The lowest BCUT2D eigenvalue weighted by Gasteiger charge is -2.35. The first-order valence-corrected chi connectivity index (χ1v) is 7.71. The first-order valence-electron chi connectivity index (χ1n) is 6.47. The van der Waals surface area contributed by atoms with Crippen molar-refractivity contribution in [2.24, 2.45) is 0 Å². The van der Waals surface area contributed by atoms with Crippen LogP contribution in [0.5, 0.6) is 0 Å². The molecular formula is C14H19BrN2OS. The van der Waals surface area contributed by atoms with Gasteiger partial charge in [-0.2, -0.15) is 0 Å². The number of amides is 1. The molecule has 0 saturated carbocycles. The molecule has 0 spiro atoms. The minimum Gasteiger partial charge on any atom is -0.349 e. The first-order chi connectivity index (χ1) is 8.97. The van der Waals surface area contributed by atoms with E-state index in [0.717, 1.165) is 28.8 Å². The zero-order valence-electron chi connectivity index (χ0n) is 11.2. The van der Waals surface area contributed by atoms with Gasteiger partial charge in [0, 0.05) is 28.0 Å². The maximum atomic E-state index is 12.3. The molecule has 0 aromatic heterocycles. The second-order valence-corrected chi connectivity index (χ2v) is 6.56. The third-order valence-electron chi connectivity index (χ3n) is 3.74. The van der Waals surface area contributed by atoms with E-state index in [0.29, 0.717) is 11.6 Å². The summed E-state index contributed by atoms with van der Waals surface area (Å²) in [6.07, 6.45) is 2.01. The Bertz CT molecular complexity index is 481. The highest BCUT2D eigenvalue weighted by Gasteiger charge is 2.24. The van der Waals surface area contributed by atoms with Crippen LogP contribution in [0.1, 0.15) is 30.1 Å². The second-order valence-electron chi connectivity index (χ2n) is 5.19. The summed E-state index contributed by atoms with van der Waals surface area (Å²) in [7, 11) is 2.13. The molecule has 19 heavy (non-hydrogen) atoms. The lowest BCUT2D eigenvalue weighted by Crippen LogP contribution is -2.47. The van der Waals surface area contributed by atoms with E-state index in [9.17, 15) is 4.79 Å². The van der Waals surface area contributed by atoms with E-state index in [-0.39, 0.29) is 11.9 Å². The van der Waals surface area contributed by atoms with E-state index < -0.39 is 0 Å². The Morgan fingerprint density at radius 3 is 2.95 bits per heavy atom. The number of piperidine rings is 1. The summed E-state index contributed by atoms with van der Waals surface area (Å²) in [5.74, 6) is -0.0236. The maximum absolute atomic E-state index is 12.3. The number of hydrogen-bond acceptors (Lipinski definition) is 3. The van der Waals surface area contributed by atoms with Crippen LogP contribution in [0.2, 0.25) is 0 Å². The fourth-order valence-corrected chi connectivity index (χ4v) is 3.00. The number of nitrogens with one attached hydrogen (secondary N) is 1. The Hall–Kier alpha value is -0.520. The third-order valence-corrected chi connectivity index (χ3v) is 4.71. The molecule has 0 aliphatic carbocycles. The molecule has 0 radical (unpaired) electrons. The molecule has 104 valence electrons. The molecule has 1 aliphatic rings. The van der Waals surface area contributed by atoms with Crippen LogP contribution in [0.4, 0.5) is 0 Å². The molecule has 1 fully saturated rings. The summed E-state index contributed by atoms with van der Waals surface area (Å²) >= 11 is 7.69. The van der Waals surface area contributed by atoms with Crippen molar-refractivity contribution in [2.75, 3.05) is 13.6 Å². The van der Waals surface area contributed by atoms with Crippen LogP contribution in [0.3, 0.4) is 0 Å². The van der Waals surface area contributed by atoms with Gasteiger partial charge in [-0.15, -0.1) is 12.6 Å². The average molecular weight is 343 g/mol. The van der Waals surface area contributed by atoms with Gasteiger partial charge in [-0.3, -0.25) is 4.79 Å². The number of benzene rings is 1. The number of nitrogens with zero attached hydrogens (tertiary/aromatic N) is 1. The normalized spacial score (nSPS) is 24.2. The van der Waals surface area contributed by atoms with E-state index >= 15 is 0 Å². The van der Waals surface area contributed by atoms with Crippen LogP contribution in [-0.4, -0.2) is 36.5 Å². The molecule has 1 heterocycles. The maximum Gasteiger partial charge on any atom is 0.252 e. The largest absolute Gasteiger partial charge is 0.349 e. The van der Waals surface area contributed by atoms with Gasteiger partial charge in [-0.1, -0.05) is 0 Å². The summed E-state index contributed by atoms with van der Waals surface area (Å²) in [4.78, 5) is 15.4. The van der Waals surface area contributed by atoms with Crippen molar-refractivity contribution >= 4 is 34.5 Å². The Morgan fingerprint density at radius 1 is 1.53 bits per heavy atom. The third kappa shape index (κ3) is 3.74. The summed E-state index contributed by atoms with van der Waals surface area (Å²) in [6.45, 7) is 3.22. The number of rotatable bonds is 2. The summed E-state index contributed by atoms with van der Waals surface area (Å²) in [6, 6.07) is 6.28. The molecule has 3 nitrogen and oxygen atoms in total. The highest BCUT2D eigenvalue weighted by Crippen LogP contribution is 2.21. The van der Waals surface area contributed by atoms with Crippen molar-refractivity contribution < 1.29 is 4.79 Å². The van der Waals surface area contributed by atoms with Gasteiger partial charge < -0.3 is 10.2 Å². The van der Waals surface area contributed by atoms with E-state index in [4.69, 9.17) is 0 Å². The lowest BCUT2D eigenvalue weighted by molar-refractivity contribution is 0.0895. The molecule has 5 heteroatoms. The van der Waals surface area contributed by atoms with Crippen molar-refractivity contribution in [3.8, 4) is 0 Å². The van der Waals surface area contributed by atoms with Crippen molar-refractivity contribution in [3.63, 3.8) is 0 Å². The zero-order valence-corrected chi connectivity index (χ0v) is 13.7. The van der Waals surface area contributed by atoms with Crippen molar-refractivity contribution in [1.82, 2.24) is 10.2 Å². The Morgan fingerprint density at radius 2 is 2.26 bits per heavy atom. The molecule has 2 rings (SSSR count). The van der Waals surface area contributed by atoms with Crippen LogP contribution in [0, 0.1) is 0 Å².